The molecule has 0 bridgehead atoms. The molecule has 1 atom stereocenters. The van der Waals surface area contributed by atoms with Crippen LogP contribution in [-0.4, -0.2) is 55.0 Å². The fourth-order valence-corrected chi connectivity index (χ4v) is 3.44. The Bertz CT molecular complexity index is 402. The summed E-state index contributed by atoms with van der Waals surface area (Å²) in [6.45, 7) is 13.4. The van der Waals surface area contributed by atoms with E-state index in [0.717, 1.165) is 51.9 Å². The van der Waals surface area contributed by atoms with E-state index in [1.54, 1.807) is 0 Å². The average Bonchev–Trinajstić information content (AvgIpc) is 2.39. The van der Waals surface area contributed by atoms with Crippen molar-refractivity contribution in [3.63, 3.8) is 0 Å². The third-order valence-corrected chi connectivity index (χ3v) is 4.75. The first-order valence-electron chi connectivity index (χ1n) is 9.04. The Hall–Kier alpha value is -0.810. The first-order valence-corrected chi connectivity index (χ1v) is 9.04. The Balaban J connectivity index is 1.76. The summed E-state index contributed by atoms with van der Waals surface area (Å²) in [5.41, 5.74) is -0.296. The Kier molecular flexibility index (Phi) is 5.95. The van der Waals surface area contributed by atoms with Crippen LogP contribution in [0.1, 0.15) is 60.3 Å². The van der Waals surface area contributed by atoms with Crippen molar-refractivity contribution in [1.29, 1.82) is 0 Å². The van der Waals surface area contributed by atoms with Crippen molar-refractivity contribution in [1.82, 2.24) is 10.2 Å². The second-order valence-corrected chi connectivity index (χ2v) is 8.44. The number of hydrogen-bond acceptors (Lipinski definition) is 4. The van der Waals surface area contributed by atoms with Crippen molar-refractivity contribution in [3.8, 4) is 0 Å². The average molecular weight is 326 g/mol. The van der Waals surface area contributed by atoms with Crippen LogP contribution in [0.4, 0.5) is 4.79 Å². The highest BCUT2D eigenvalue weighted by atomic mass is 16.6. The van der Waals surface area contributed by atoms with E-state index in [1.807, 2.05) is 25.7 Å². The number of hydrogen-bond donors (Lipinski definition) is 1. The molecule has 134 valence electrons. The van der Waals surface area contributed by atoms with E-state index in [0.29, 0.717) is 12.1 Å². The van der Waals surface area contributed by atoms with Crippen LogP contribution in [0.25, 0.3) is 0 Å². The van der Waals surface area contributed by atoms with Gasteiger partial charge in [0, 0.05) is 32.3 Å². The molecule has 5 nitrogen and oxygen atoms in total. The molecule has 1 saturated carbocycles. The summed E-state index contributed by atoms with van der Waals surface area (Å²) in [4.78, 5) is 14.2. The summed E-state index contributed by atoms with van der Waals surface area (Å²) in [7, 11) is 0. The van der Waals surface area contributed by atoms with E-state index in [9.17, 15) is 4.79 Å². The molecule has 23 heavy (non-hydrogen) atoms. The van der Waals surface area contributed by atoms with Crippen molar-refractivity contribution in [2.75, 3.05) is 26.2 Å². The lowest BCUT2D eigenvalue weighted by molar-refractivity contribution is -0.0161. The van der Waals surface area contributed by atoms with Gasteiger partial charge in [-0.15, -0.1) is 0 Å². The van der Waals surface area contributed by atoms with Gasteiger partial charge in [-0.05, 0) is 58.8 Å². The number of nitrogens with one attached hydrogen (secondary N) is 1. The summed E-state index contributed by atoms with van der Waals surface area (Å²) >= 11 is 0. The molecule has 1 saturated heterocycles. The Morgan fingerprint density at radius 1 is 1.35 bits per heavy atom. The van der Waals surface area contributed by atoms with E-state index in [4.69, 9.17) is 9.47 Å². The van der Waals surface area contributed by atoms with Crippen LogP contribution in [0.5, 0.6) is 0 Å². The normalized spacial score (nSPS) is 31.6. The first kappa shape index (κ1) is 18.5. The maximum absolute atomic E-state index is 12.3. The van der Waals surface area contributed by atoms with E-state index < -0.39 is 5.60 Å². The predicted molar refractivity (Wildman–Crippen MR) is 91.6 cm³/mol. The molecule has 1 N–H and O–H groups in total. The number of ether oxygens (including phenoxy) is 2. The molecule has 1 heterocycles. The van der Waals surface area contributed by atoms with Gasteiger partial charge in [-0.25, -0.2) is 4.79 Å². The van der Waals surface area contributed by atoms with Crippen LogP contribution >= 0.6 is 0 Å². The molecule has 0 aromatic rings. The second kappa shape index (κ2) is 7.39. The van der Waals surface area contributed by atoms with Gasteiger partial charge >= 0.3 is 6.09 Å². The van der Waals surface area contributed by atoms with Gasteiger partial charge in [0.25, 0.3) is 0 Å². The van der Waals surface area contributed by atoms with Gasteiger partial charge in [-0.3, -0.25) is 0 Å². The standard InChI is InChI=1S/C18H34N2O3/c1-6-22-15-10-14(11-15)19-12-18(5)8-7-9-20(13-18)16(21)23-17(2,3)4/h14-15,19H,6-13H2,1-5H3. The monoisotopic (exact) mass is 326 g/mol. The quantitative estimate of drug-likeness (QED) is 0.843. The van der Waals surface area contributed by atoms with Gasteiger partial charge in [0.1, 0.15) is 5.60 Å². The lowest BCUT2D eigenvalue weighted by atomic mass is 9.80. The van der Waals surface area contributed by atoms with Crippen molar-refractivity contribution in [2.24, 2.45) is 5.41 Å². The fourth-order valence-electron chi connectivity index (χ4n) is 3.44. The molecule has 0 aromatic carbocycles. The van der Waals surface area contributed by atoms with Crippen molar-refractivity contribution in [2.45, 2.75) is 78.0 Å². The third-order valence-electron chi connectivity index (χ3n) is 4.75. The van der Waals surface area contributed by atoms with Crippen LogP contribution in [0.15, 0.2) is 0 Å². The van der Waals surface area contributed by atoms with Gasteiger partial charge in [-0.1, -0.05) is 6.92 Å². The highest BCUT2D eigenvalue weighted by Crippen LogP contribution is 2.31. The van der Waals surface area contributed by atoms with Crippen LogP contribution < -0.4 is 5.32 Å². The first-order chi connectivity index (χ1) is 10.7. The molecule has 0 spiro atoms. The van der Waals surface area contributed by atoms with Gasteiger partial charge < -0.3 is 19.7 Å². The van der Waals surface area contributed by atoms with E-state index in [1.165, 1.54) is 0 Å². The molecule has 2 rings (SSSR count). The third kappa shape index (κ3) is 5.64. The highest BCUT2D eigenvalue weighted by Gasteiger charge is 2.37. The fraction of sp³-hybridized carbons (Fsp3) is 0.944. The van der Waals surface area contributed by atoms with Gasteiger partial charge in [0.15, 0.2) is 0 Å². The topological polar surface area (TPSA) is 50.8 Å². The molecule has 2 fully saturated rings. The largest absolute Gasteiger partial charge is 0.444 e. The minimum absolute atomic E-state index is 0.131. The maximum atomic E-state index is 12.3. The molecular weight excluding hydrogens is 292 g/mol. The van der Waals surface area contributed by atoms with Gasteiger partial charge in [-0.2, -0.15) is 0 Å². The predicted octanol–water partition coefficient (Wildman–Crippen LogP) is 3.18. The maximum Gasteiger partial charge on any atom is 0.410 e. The van der Waals surface area contributed by atoms with E-state index in [-0.39, 0.29) is 11.5 Å². The zero-order chi connectivity index (χ0) is 17.1. The van der Waals surface area contributed by atoms with Gasteiger partial charge in [0.05, 0.1) is 6.10 Å². The number of likely N-dealkylation sites (tertiary alicyclic amines) is 1. The van der Waals surface area contributed by atoms with Crippen molar-refractivity contribution in [3.05, 3.63) is 0 Å². The van der Waals surface area contributed by atoms with Crippen molar-refractivity contribution < 1.29 is 14.3 Å². The van der Waals surface area contributed by atoms with Crippen LogP contribution in [0.2, 0.25) is 0 Å². The number of amides is 1. The van der Waals surface area contributed by atoms with Crippen LogP contribution in [0, 0.1) is 5.41 Å². The molecule has 2 aliphatic rings. The number of rotatable bonds is 5. The Morgan fingerprint density at radius 2 is 2.04 bits per heavy atom. The second-order valence-electron chi connectivity index (χ2n) is 8.44. The van der Waals surface area contributed by atoms with E-state index in [2.05, 4.69) is 19.2 Å². The Morgan fingerprint density at radius 3 is 2.65 bits per heavy atom. The van der Waals surface area contributed by atoms with E-state index >= 15 is 0 Å². The SMILES string of the molecule is CCOC1CC(NCC2(C)CCCN(C(=O)OC(C)(C)C)C2)C1. The smallest absolute Gasteiger partial charge is 0.410 e. The summed E-state index contributed by atoms with van der Waals surface area (Å²) in [6, 6.07) is 0.570. The molecule has 5 heteroatoms. The van der Waals surface area contributed by atoms with Crippen molar-refractivity contribution >= 4 is 6.09 Å². The summed E-state index contributed by atoms with van der Waals surface area (Å²) < 4.78 is 11.1. The van der Waals surface area contributed by atoms with Crippen LogP contribution in [-0.2, 0) is 9.47 Å². The number of carbonyl (C=O) groups excluding carboxylic acids is 1. The summed E-state index contributed by atoms with van der Waals surface area (Å²) in [5.74, 6) is 0. The molecule has 1 unspecified atom stereocenters. The molecule has 0 aromatic heterocycles. The molecule has 1 aliphatic heterocycles. The lowest BCUT2D eigenvalue weighted by Gasteiger charge is -2.43. The van der Waals surface area contributed by atoms with Crippen LogP contribution in [0.3, 0.4) is 0 Å². The molecule has 0 radical (unpaired) electrons. The van der Waals surface area contributed by atoms with Gasteiger partial charge in [0.2, 0.25) is 0 Å². The summed E-state index contributed by atoms with van der Waals surface area (Å²) in [6.07, 6.45) is 4.68. The number of piperidine rings is 1. The zero-order valence-electron chi connectivity index (χ0n) is 15.5. The molecule has 1 aliphatic carbocycles. The Labute approximate surface area is 141 Å². The lowest BCUT2D eigenvalue weighted by Crippen LogP contribution is -2.53. The number of nitrogens with zero attached hydrogens (tertiary/aromatic N) is 1. The number of carbonyl (C=O) groups is 1. The molecule has 1 amide bonds. The minimum Gasteiger partial charge on any atom is -0.444 e. The highest BCUT2D eigenvalue weighted by molar-refractivity contribution is 5.68. The summed E-state index contributed by atoms with van der Waals surface area (Å²) in [5, 5.41) is 3.67. The minimum atomic E-state index is -0.427. The zero-order valence-corrected chi connectivity index (χ0v) is 15.5. The molecular formula is C18H34N2O3.